The number of ether oxygens (including phenoxy) is 1. The highest BCUT2D eigenvalue weighted by molar-refractivity contribution is 7.79. The minimum absolute atomic E-state index is 0.0511. The lowest BCUT2D eigenvalue weighted by atomic mass is 9.91. The van der Waals surface area contributed by atoms with Crippen molar-refractivity contribution >= 4 is 24.0 Å². The zero-order chi connectivity index (χ0) is 14.8. The second-order valence-corrected chi connectivity index (χ2v) is 7.33. The van der Waals surface area contributed by atoms with E-state index in [1.54, 1.807) is 11.3 Å². The molecule has 2 nitrogen and oxygen atoms in total. The van der Waals surface area contributed by atoms with E-state index in [2.05, 4.69) is 46.4 Å². The summed E-state index contributed by atoms with van der Waals surface area (Å²) in [6.07, 6.45) is 0. The number of thiol groups is 1. The molecule has 0 aliphatic rings. The van der Waals surface area contributed by atoms with Crippen LogP contribution >= 0.6 is 24.0 Å². The molecule has 0 N–H and O–H groups in total. The average Bonchev–Trinajstić information content (AvgIpc) is 2.81. The Morgan fingerprint density at radius 2 is 1.95 bits per heavy atom. The summed E-state index contributed by atoms with van der Waals surface area (Å²) in [5.74, 6) is 1.65. The molecule has 1 aromatic carbocycles. The molecule has 20 heavy (non-hydrogen) atoms. The van der Waals surface area contributed by atoms with Crippen molar-refractivity contribution in [1.29, 1.82) is 0 Å². The zero-order valence-electron chi connectivity index (χ0n) is 12.4. The van der Waals surface area contributed by atoms with Crippen LogP contribution in [0.15, 0.2) is 24.3 Å². The van der Waals surface area contributed by atoms with E-state index in [4.69, 9.17) is 9.72 Å². The Kier molecular flexibility index (Phi) is 4.76. The van der Waals surface area contributed by atoms with Gasteiger partial charge in [0.25, 0.3) is 0 Å². The Balaban J connectivity index is 2.15. The first-order valence-corrected chi connectivity index (χ1v) is 8.15. The summed E-state index contributed by atoms with van der Waals surface area (Å²) in [6.45, 7) is 9.12. The molecule has 0 spiro atoms. The van der Waals surface area contributed by atoms with Gasteiger partial charge in [-0.25, -0.2) is 4.98 Å². The number of para-hydroxylation sites is 1. The average molecular weight is 307 g/mol. The van der Waals surface area contributed by atoms with Crippen molar-refractivity contribution in [3.63, 3.8) is 0 Å². The maximum atomic E-state index is 5.87. The normalized spacial score (nSPS) is 11.7. The summed E-state index contributed by atoms with van der Waals surface area (Å²) in [6, 6.07) is 8.05. The summed E-state index contributed by atoms with van der Waals surface area (Å²) in [7, 11) is 0. The first kappa shape index (κ1) is 15.4. The lowest BCUT2D eigenvalue weighted by Crippen LogP contribution is -2.14. The van der Waals surface area contributed by atoms with Gasteiger partial charge in [0.15, 0.2) is 0 Å². The highest BCUT2D eigenvalue weighted by atomic mass is 32.1. The molecule has 0 amide bonds. The number of aromatic nitrogens is 1. The first-order chi connectivity index (χ1) is 9.41. The summed E-state index contributed by atoms with van der Waals surface area (Å²) < 4.78 is 5.87. The molecule has 2 rings (SSSR count). The Bertz CT molecular complexity index is 584. The van der Waals surface area contributed by atoms with Gasteiger partial charge in [-0.3, -0.25) is 0 Å². The zero-order valence-corrected chi connectivity index (χ0v) is 14.1. The fourth-order valence-electron chi connectivity index (χ4n) is 2.01. The first-order valence-electron chi connectivity index (χ1n) is 6.70. The van der Waals surface area contributed by atoms with Gasteiger partial charge in [-0.1, -0.05) is 39.0 Å². The monoisotopic (exact) mass is 307 g/mol. The van der Waals surface area contributed by atoms with Gasteiger partial charge in [0, 0.05) is 16.0 Å². The van der Waals surface area contributed by atoms with E-state index in [9.17, 15) is 0 Å². The van der Waals surface area contributed by atoms with Crippen LogP contribution in [-0.4, -0.2) is 4.98 Å². The molecule has 0 radical (unpaired) electrons. The summed E-state index contributed by atoms with van der Waals surface area (Å²) in [4.78, 5) is 5.98. The molecular weight excluding hydrogens is 286 g/mol. The van der Waals surface area contributed by atoms with Crippen LogP contribution < -0.4 is 4.74 Å². The minimum atomic E-state index is 0.0511. The summed E-state index contributed by atoms with van der Waals surface area (Å²) >= 11 is 6.11. The largest absolute Gasteiger partial charge is 0.486 e. The topological polar surface area (TPSA) is 22.1 Å². The van der Waals surface area contributed by atoms with E-state index in [0.717, 1.165) is 27.8 Å². The van der Waals surface area contributed by atoms with Gasteiger partial charge in [-0.2, -0.15) is 12.6 Å². The number of hydrogen-bond donors (Lipinski definition) is 1. The molecule has 0 unspecified atom stereocenters. The highest BCUT2D eigenvalue weighted by Gasteiger charge is 2.22. The van der Waals surface area contributed by atoms with Gasteiger partial charge in [0.05, 0.1) is 5.69 Å². The standard InChI is InChI=1S/C16H21NOS2/c1-11-7-5-6-8-12(11)18-9-14-17-15(16(2,3)4)13(10-19)20-14/h5-8,19H,9-10H2,1-4H3. The van der Waals surface area contributed by atoms with Crippen molar-refractivity contribution in [2.45, 2.75) is 45.5 Å². The van der Waals surface area contributed by atoms with Crippen molar-refractivity contribution in [2.24, 2.45) is 0 Å². The number of thiazole rings is 1. The van der Waals surface area contributed by atoms with E-state index in [0.29, 0.717) is 6.61 Å². The predicted molar refractivity (Wildman–Crippen MR) is 89.0 cm³/mol. The molecule has 0 saturated carbocycles. The maximum Gasteiger partial charge on any atom is 0.140 e. The number of benzene rings is 1. The van der Waals surface area contributed by atoms with Crippen LogP contribution in [0.4, 0.5) is 0 Å². The van der Waals surface area contributed by atoms with Gasteiger partial charge in [-0.15, -0.1) is 11.3 Å². The second kappa shape index (κ2) is 6.19. The van der Waals surface area contributed by atoms with Crippen molar-refractivity contribution < 1.29 is 4.74 Å². The van der Waals surface area contributed by atoms with Gasteiger partial charge >= 0.3 is 0 Å². The van der Waals surface area contributed by atoms with Crippen molar-refractivity contribution in [2.75, 3.05) is 0 Å². The molecule has 0 aliphatic carbocycles. The number of nitrogens with zero attached hydrogens (tertiary/aromatic N) is 1. The number of hydrogen-bond acceptors (Lipinski definition) is 4. The SMILES string of the molecule is Cc1ccccc1OCc1nc(C(C)(C)C)c(CS)s1. The molecule has 0 saturated heterocycles. The molecule has 0 bridgehead atoms. The molecular formula is C16H21NOS2. The van der Waals surface area contributed by atoms with Crippen LogP contribution in [-0.2, 0) is 17.8 Å². The fraction of sp³-hybridized carbons (Fsp3) is 0.438. The van der Waals surface area contributed by atoms with Crippen LogP contribution in [0, 0.1) is 6.92 Å². The Morgan fingerprint density at radius 1 is 1.25 bits per heavy atom. The molecule has 4 heteroatoms. The van der Waals surface area contributed by atoms with Crippen LogP contribution in [0.2, 0.25) is 0 Å². The van der Waals surface area contributed by atoms with Crippen molar-refractivity contribution in [3.8, 4) is 5.75 Å². The minimum Gasteiger partial charge on any atom is -0.486 e. The van der Waals surface area contributed by atoms with Gasteiger partial charge in [-0.05, 0) is 18.6 Å². The van der Waals surface area contributed by atoms with Gasteiger partial charge in [0.2, 0.25) is 0 Å². The van der Waals surface area contributed by atoms with E-state index in [1.807, 2.05) is 18.2 Å². The van der Waals surface area contributed by atoms with Gasteiger partial charge < -0.3 is 4.74 Å². The van der Waals surface area contributed by atoms with E-state index < -0.39 is 0 Å². The Labute approximate surface area is 130 Å². The fourth-order valence-corrected chi connectivity index (χ4v) is 3.41. The molecule has 2 aromatic rings. The molecule has 0 atom stereocenters. The van der Waals surface area contributed by atoms with E-state index in [-0.39, 0.29) is 5.41 Å². The lowest BCUT2D eigenvalue weighted by molar-refractivity contribution is 0.303. The maximum absolute atomic E-state index is 5.87. The van der Waals surface area contributed by atoms with Crippen LogP contribution in [0.25, 0.3) is 0 Å². The third-order valence-corrected chi connectivity index (χ3v) is 4.60. The van der Waals surface area contributed by atoms with Crippen LogP contribution in [0.1, 0.15) is 41.9 Å². The second-order valence-electron chi connectivity index (χ2n) is 5.84. The quantitative estimate of drug-likeness (QED) is 0.823. The highest BCUT2D eigenvalue weighted by Crippen LogP contribution is 2.31. The molecule has 0 fully saturated rings. The molecule has 0 aliphatic heterocycles. The Hall–Kier alpha value is -1.000. The Morgan fingerprint density at radius 3 is 2.50 bits per heavy atom. The van der Waals surface area contributed by atoms with Crippen LogP contribution in [0.5, 0.6) is 5.75 Å². The van der Waals surface area contributed by atoms with Gasteiger partial charge in [0.1, 0.15) is 17.4 Å². The lowest BCUT2D eigenvalue weighted by Gasteiger charge is -2.16. The van der Waals surface area contributed by atoms with E-state index in [1.165, 1.54) is 4.88 Å². The number of aryl methyl sites for hydroxylation is 1. The van der Waals surface area contributed by atoms with Crippen LogP contribution in [0.3, 0.4) is 0 Å². The molecule has 108 valence electrons. The van der Waals surface area contributed by atoms with Crippen molar-refractivity contribution in [1.82, 2.24) is 4.98 Å². The molecule has 1 aromatic heterocycles. The third kappa shape index (κ3) is 3.55. The molecule has 1 heterocycles. The summed E-state index contributed by atoms with van der Waals surface area (Å²) in [5.41, 5.74) is 2.34. The third-order valence-electron chi connectivity index (χ3n) is 3.04. The smallest absolute Gasteiger partial charge is 0.140 e. The number of rotatable bonds is 4. The summed E-state index contributed by atoms with van der Waals surface area (Å²) in [5, 5.41) is 1.02. The predicted octanol–water partition coefficient (Wildman–Crippen LogP) is 4.76. The van der Waals surface area contributed by atoms with Crippen molar-refractivity contribution in [3.05, 3.63) is 45.4 Å². The van der Waals surface area contributed by atoms with E-state index >= 15 is 0 Å².